The Kier molecular flexibility index (Phi) is 4.60. The van der Waals surface area contributed by atoms with Crippen LogP contribution < -0.4 is 10.0 Å². The van der Waals surface area contributed by atoms with Gasteiger partial charge >= 0.3 is 0 Å². The SMILES string of the molecule is C[NH+](C)Cc1c(O)ccc(C(=O)Cc2ccccc2)c1[O-]. The summed E-state index contributed by atoms with van der Waals surface area (Å²) in [6, 6.07) is 12.2. The van der Waals surface area contributed by atoms with Gasteiger partial charge in [0.1, 0.15) is 12.3 Å². The number of phenols is 1. The summed E-state index contributed by atoms with van der Waals surface area (Å²) in [5.74, 6) is -0.629. The topological polar surface area (TPSA) is 64.8 Å². The number of benzene rings is 2. The highest BCUT2D eigenvalue weighted by atomic mass is 16.3. The number of rotatable bonds is 5. The Labute approximate surface area is 124 Å². The Morgan fingerprint density at radius 2 is 1.81 bits per heavy atom. The number of hydrogen-bond acceptors (Lipinski definition) is 3. The van der Waals surface area contributed by atoms with Crippen LogP contribution in [0.3, 0.4) is 0 Å². The van der Waals surface area contributed by atoms with Crippen LogP contribution in [0.2, 0.25) is 0 Å². The van der Waals surface area contributed by atoms with Gasteiger partial charge in [-0.2, -0.15) is 0 Å². The lowest BCUT2D eigenvalue weighted by Crippen LogP contribution is -3.04. The first kappa shape index (κ1) is 15.1. The van der Waals surface area contributed by atoms with Crippen LogP contribution in [-0.4, -0.2) is 25.0 Å². The van der Waals surface area contributed by atoms with Gasteiger partial charge in [0.25, 0.3) is 0 Å². The van der Waals surface area contributed by atoms with Gasteiger partial charge < -0.3 is 15.1 Å². The first-order valence-electron chi connectivity index (χ1n) is 6.87. The maximum absolute atomic E-state index is 12.4. The normalized spacial score (nSPS) is 10.8. The second-order valence-corrected chi connectivity index (χ2v) is 5.41. The summed E-state index contributed by atoms with van der Waals surface area (Å²) < 4.78 is 0. The van der Waals surface area contributed by atoms with E-state index in [-0.39, 0.29) is 29.3 Å². The Bertz CT molecular complexity index is 636. The monoisotopic (exact) mass is 285 g/mol. The molecule has 0 saturated carbocycles. The standard InChI is InChI=1S/C17H19NO3/c1-18(2)11-14-15(19)9-8-13(17(14)21)16(20)10-12-6-4-3-5-7-12/h3-9,19,21H,10-11H2,1-2H3. The van der Waals surface area contributed by atoms with E-state index >= 15 is 0 Å². The van der Waals surface area contributed by atoms with Crippen LogP contribution in [0.15, 0.2) is 42.5 Å². The lowest BCUT2D eigenvalue weighted by Gasteiger charge is -2.20. The fourth-order valence-electron chi connectivity index (χ4n) is 2.24. The molecule has 0 bridgehead atoms. The zero-order chi connectivity index (χ0) is 15.4. The molecular formula is C17H19NO3. The van der Waals surface area contributed by atoms with Gasteiger partial charge in [-0.15, -0.1) is 0 Å². The summed E-state index contributed by atoms with van der Waals surface area (Å²) in [5, 5.41) is 22.2. The van der Waals surface area contributed by atoms with Crippen LogP contribution in [0.4, 0.5) is 0 Å². The number of ketones is 1. The van der Waals surface area contributed by atoms with Crippen molar-refractivity contribution in [3.05, 3.63) is 59.2 Å². The van der Waals surface area contributed by atoms with E-state index in [4.69, 9.17) is 0 Å². The van der Waals surface area contributed by atoms with Gasteiger partial charge in [0.2, 0.25) is 0 Å². The number of carbonyl (C=O) groups excluding carboxylic acids is 1. The fourth-order valence-corrected chi connectivity index (χ4v) is 2.24. The first-order chi connectivity index (χ1) is 9.99. The fraction of sp³-hybridized carbons (Fsp3) is 0.235. The second-order valence-electron chi connectivity index (χ2n) is 5.41. The maximum Gasteiger partial charge on any atom is 0.166 e. The molecule has 0 spiro atoms. The van der Waals surface area contributed by atoms with Crippen molar-refractivity contribution in [1.82, 2.24) is 0 Å². The van der Waals surface area contributed by atoms with Crippen molar-refractivity contribution in [2.24, 2.45) is 0 Å². The highest BCUT2D eigenvalue weighted by Crippen LogP contribution is 2.28. The van der Waals surface area contributed by atoms with E-state index in [2.05, 4.69) is 0 Å². The van der Waals surface area contributed by atoms with E-state index in [0.29, 0.717) is 12.1 Å². The maximum atomic E-state index is 12.4. The molecule has 0 heterocycles. The van der Waals surface area contributed by atoms with Crippen molar-refractivity contribution < 1.29 is 19.9 Å². The summed E-state index contributed by atoms with van der Waals surface area (Å²) in [6.45, 7) is 0.386. The van der Waals surface area contributed by atoms with Crippen LogP contribution in [0.25, 0.3) is 0 Å². The molecule has 0 amide bonds. The molecule has 110 valence electrons. The summed E-state index contributed by atoms with van der Waals surface area (Å²) in [4.78, 5) is 13.3. The third-order valence-electron chi connectivity index (χ3n) is 3.27. The largest absolute Gasteiger partial charge is 0.872 e. The highest BCUT2D eigenvalue weighted by Gasteiger charge is 2.14. The number of Topliss-reactive ketones (excluding diaryl/α,β-unsaturated/α-hetero) is 1. The van der Waals surface area contributed by atoms with Gasteiger partial charge in [-0.3, -0.25) is 4.79 Å². The van der Waals surface area contributed by atoms with Gasteiger partial charge in [-0.05, 0) is 17.7 Å². The van der Waals surface area contributed by atoms with Crippen molar-refractivity contribution in [2.45, 2.75) is 13.0 Å². The summed E-state index contributed by atoms with van der Waals surface area (Å²) >= 11 is 0. The van der Waals surface area contributed by atoms with Gasteiger partial charge in [0, 0.05) is 17.5 Å². The Morgan fingerprint density at radius 1 is 1.14 bits per heavy atom. The Hall–Kier alpha value is -2.33. The predicted molar refractivity (Wildman–Crippen MR) is 78.5 cm³/mol. The number of quaternary nitrogens is 1. The quantitative estimate of drug-likeness (QED) is 0.788. The summed E-state index contributed by atoms with van der Waals surface area (Å²) in [6.07, 6.45) is 0.190. The molecule has 0 aromatic heterocycles. The predicted octanol–water partition coefficient (Wildman–Crippen LogP) is 0.536. The van der Waals surface area contributed by atoms with E-state index in [1.54, 1.807) is 0 Å². The number of phenolic OH excluding ortho intramolecular Hbond substituents is 1. The van der Waals surface area contributed by atoms with Gasteiger partial charge in [0.05, 0.1) is 14.1 Å². The highest BCUT2D eigenvalue weighted by molar-refractivity contribution is 6.00. The average molecular weight is 285 g/mol. The van der Waals surface area contributed by atoms with Crippen molar-refractivity contribution in [3.8, 4) is 11.5 Å². The van der Waals surface area contributed by atoms with Crippen LogP contribution >= 0.6 is 0 Å². The average Bonchev–Trinajstić information content (AvgIpc) is 2.44. The molecule has 0 radical (unpaired) electrons. The number of hydrogen-bond donors (Lipinski definition) is 2. The third-order valence-corrected chi connectivity index (χ3v) is 3.27. The van der Waals surface area contributed by atoms with Crippen molar-refractivity contribution >= 4 is 5.78 Å². The van der Waals surface area contributed by atoms with E-state index < -0.39 is 0 Å². The first-order valence-corrected chi connectivity index (χ1v) is 6.87. The van der Waals surface area contributed by atoms with Crippen molar-refractivity contribution in [2.75, 3.05) is 14.1 Å². The number of nitrogens with one attached hydrogen (secondary N) is 1. The van der Waals surface area contributed by atoms with Gasteiger partial charge in [0.15, 0.2) is 5.78 Å². The molecule has 4 heteroatoms. The molecule has 0 atom stereocenters. The van der Waals surface area contributed by atoms with Crippen LogP contribution in [0.1, 0.15) is 21.5 Å². The van der Waals surface area contributed by atoms with Crippen LogP contribution in [0.5, 0.6) is 11.5 Å². The number of aromatic hydroxyl groups is 1. The number of carbonyl (C=O) groups is 1. The van der Waals surface area contributed by atoms with E-state index in [1.165, 1.54) is 12.1 Å². The Morgan fingerprint density at radius 3 is 2.43 bits per heavy atom. The molecule has 0 aliphatic carbocycles. The Balaban J connectivity index is 2.29. The van der Waals surface area contributed by atoms with Gasteiger partial charge in [-0.25, -0.2) is 0 Å². The van der Waals surface area contributed by atoms with Crippen molar-refractivity contribution in [3.63, 3.8) is 0 Å². The lowest BCUT2D eigenvalue weighted by atomic mass is 9.99. The molecule has 0 aliphatic rings. The van der Waals surface area contributed by atoms with Gasteiger partial charge in [-0.1, -0.05) is 36.1 Å². The minimum absolute atomic E-state index is 0.0440. The summed E-state index contributed by atoms with van der Waals surface area (Å²) in [7, 11) is 3.77. The molecule has 2 N–H and O–H groups in total. The minimum Gasteiger partial charge on any atom is -0.872 e. The lowest BCUT2D eigenvalue weighted by molar-refractivity contribution is -0.872. The molecule has 2 aromatic rings. The molecule has 4 nitrogen and oxygen atoms in total. The third kappa shape index (κ3) is 3.61. The van der Waals surface area contributed by atoms with Crippen molar-refractivity contribution in [1.29, 1.82) is 0 Å². The molecular weight excluding hydrogens is 266 g/mol. The smallest absolute Gasteiger partial charge is 0.166 e. The minimum atomic E-state index is -0.364. The molecule has 0 fully saturated rings. The molecule has 0 aliphatic heterocycles. The molecule has 21 heavy (non-hydrogen) atoms. The zero-order valence-corrected chi connectivity index (χ0v) is 12.2. The summed E-state index contributed by atoms with van der Waals surface area (Å²) in [5.41, 5.74) is 1.32. The zero-order valence-electron chi connectivity index (χ0n) is 12.2. The van der Waals surface area contributed by atoms with E-state index in [9.17, 15) is 15.0 Å². The van der Waals surface area contributed by atoms with Crippen LogP contribution in [-0.2, 0) is 13.0 Å². The molecule has 0 saturated heterocycles. The molecule has 2 aromatic carbocycles. The van der Waals surface area contributed by atoms with E-state index in [0.717, 1.165) is 10.5 Å². The molecule has 2 rings (SSSR count). The van der Waals surface area contributed by atoms with E-state index in [1.807, 2.05) is 44.4 Å². The second kappa shape index (κ2) is 6.41. The van der Waals surface area contributed by atoms with Crippen LogP contribution in [0, 0.1) is 0 Å². The molecule has 0 unspecified atom stereocenters.